The minimum Gasteiger partial charge on any atom is -0.444 e. The third kappa shape index (κ3) is 6.26. The van der Waals surface area contributed by atoms with Crippen molar-refractivity contribution in [1.82, 2.24) is 14.5 Å². The highest BCUT2D eigenvalue weighted by molar-refractivity contribution is 7.99. The molecule has 8 heteroatoms. The molecule has 0 unspecified atom stereocenters. The van der Waals surface area contributed by atoms with Crippen molar-refractivity contribution in [1.29, 1.82) is 0 Å². The van der Waals surface area contributed by atoms with Crippen molar-refractivity contribution >= 4 is 17.9 Å². The highest BCUT2D eigenvalue weighted by atomic mass is 32.2. The zero-order valence-electron chi connectivity index (χ0n) is 18.4. The fraction of sp³-hybridized carbons (Fsp3) is 0.500. The topological polar surface area (TPSA) is 82.3 Å². The van der Waals surface area contributed by atoms with Crippen LogP contribution in [0, 0.1) is 0 Å². The number of alkyl carbamates (subject to hydrolysis) is 1. The molecule has 1 heterocycles. The van der Waals surface area contributed by atoms with Crippen LogP contribution >= 0.6 is 11.8 Å². The van der Waals surface area contributed by atoms with Crippen molar-refractivity contribution < 1.29 is 9.53 Å². The molecule has 1 aromatic carbocycles. The molecule has 1 N–H and O–H groups in total. The number of hydrogen-bond acceptors (Lipinski definition) is 5. The van der Waals surface area contributed by atoms with Crippen molar-refractivity contribution in [3.63, 3.8) is 0 Å². The van der Waals surface area contributed by atoms with Crippen LogP contribution in [0.1, 0.15) is 40.5 Å². The molecular weight excluding hydrogens is 402 g/mol. The van der Waals surface area contributed by atoms with Crippen LogP contribution in [0.15, 0.2) is 44.9 Å². The molecule has 0 aliphatic heterocycles. The third-order valence-corrected chi connectivity index (χ3v) is 5.36. The molecule has 0 spiro atoms. The van der Waals surface area contributed by atoms with E-state index in [0.29, 0.717) is 36.5 Å². The number of nitrogens with zero attached hydrogens (tertiary/aromatic N) is 2. The van der Waals surface area contributed by atoms with Gasteiger partial charge in [0.05, 0.1) is 10.6 Å². The Balaban J connectivity index is 2.17. The zero-order valence-corrected chi connectivity index (χ0v) is 19.2. The number of nitrogens with one attached hydrogen (secondary N) is 1. The summed E-state index contributed by atoms with van der Waals surface area (Å²) in [7, 11) is 1.70. The maximum atomic E-state index is 13.2. The van der Waals surface area contributed by atoms with Crippen LogP contribution in [-0.2, 0) is 18.3 Å². The van der Waals surface area contributed by atoms with Gasteiger partial charge in [0.25, 0.3) is 5.56 Å². The number of ether oxygens (including phenoxy) is 1. The second-order valence-corrected chi connectivity index (χ2v) is 9.17. The summed E-state index contributed by atoms with van der Waals surface area (Å²) in [5.74, 6) is 0.757. The number of hydrogen-bond donors (Lipinski definition) is 1. The van der Waals surface area contributed by atoms with Crippen LogP contribution in [0.3, 0.4) is 0 Å². The van der Waals surface area contributed by atoms with Crippen molar-refractivity contribution in [2.24, 2.45) is 7.05 Å². The van der Waals surface area contributed by atoms with Crippen LogP contribution in [0.2, 0.25) is 0 Å². The lowest BCUT2D eigenvalue weighted by Crippen LogP contribution is -2.41. The first-order chi connectivity index (χ1) is 14.2. The van der Waals surface area contributed by atoms with E-state index in [1.807, 2.05) is 37.3 Å². The third-order valence-electron chi connectivity index (χ3n) is 4.32. The van der Waals surface area contributed by atoms with Gasteiger partial charge in [0.2, 0.25) is 0 Å². The molecule has 1 amide bonds. The highest BCUT2D eigenvalue weighted by Crippen LogP contribution is 2.27. The Kier molecular flexibility index (Phi) is 8.34. The normalized spacial score (nSPS) is 11.4. The number of rotatable bonds is 8. The van der Waals surface area contributed by atoms with Gasteiger partial charge in [0, 0.05) is 20.1 Å². The number of unbranched alkanes of at least 4 members (excludes halogenated alkanes) is 1. The van der Waals surface area contributed by atoms with E-state index >= 15 is 0 Å². The smallest absolute Gasteiger partial charge is 0.407 e. The second-order valence-electron chi connectivity index (χ2n) is 7.91. The first-order valence-corrected chi connectivity index (χ1v) is 11.1. The highest BCUT2D eigenvalue weighted by Gasteiger charge is 2.19. The first kappa shape index (κ1) is 23.8. The van der Waals surface area contributed by atoms with Crippen molar-refractivity contribution in [2.45, 2.75) is 57.7 Å². The Bertz CT molecular complexity index is 975. The summed E-state index contributed by atoms with van der Waals surface area (Å²) in [4.78, 5) is 37.7. The van der Waals surface area contributed by atoms with Gasteiger partial charge in [-0.25, -0.2) is 9.59 Å². The summed E-state index contributed by atoms with van der Waals surface area (Å²) < 4.78 is 8.04. The number of carbonyl (C=O) groups excluding carboxylic acids is 1. The molecule has 0 atom stereocenters. The molecule has 2 aromatic rings. The number of carbonyl (C=O) groups is 1. The van der Waals surface area contributed by atoms with Crippen LogP contribution in [0.4, 0.5) is 4.79 Å². The minimum atomic E-state index is -0.546. The van der Waals surface area contributed by atoms with E-state index in [0.717, 1.165) is 11.3 Å². The van der Waals surface area contributed by atoms with E-state index in [1.54, 1.807) is 32.4 Å². The summed E-state index contributed by atoms with van der Waals surface area (Å²) >= 11 is 1.49. The van der Waals surface area contributed by atoms with E-state index < -0.39 is 11.7 Å². The van der Waals surface area contributed by atoms with Gasteiger partial charge in [-0.1, -0.05) is 37.3 Å². The van der Waals surface area contributed by atoms with Gasteiger partial charge >= 0.3 is 11.8 Å². The summed E-state index contributed by atoms with van der Waals surface area (Å²) in [6.45, 7) is 8.11. The van der Waals surface area contributed by atoms with Crippen LogP contribution in [0.25, 0.3) is 11.1 Å². The lowest BCUT2D eigenvalue weighted by atomic mass is 10.1. The molecule has 2 rings (SSSR count). The maximum Gasteiger partial charge on any atom is 0.407 e. The molecule has 0 saturated carbocycles. The lowest BCUT2D eigenvalue weighted by Gasteiger charge is -2.19. The van der Waals surface area contributed by atoms with Gasteiger partial charge in [0.1, 0.15) is 5.60 Å². The lowest BCUT2D eigenvalue weighted by molar-refractivity contribution is 0.0527. The number of aromatic nitrogens is 2. The Labute approximate surface area is 181 Å². The number of thioether (sulfide) groups is 1. The second kappa shape index (κ2) is 10.5. The summed E-state index contributed by atoms with van der Waals surface area (Å²) in [5.41, 5.74) is 0.206. The summed E-state index contributed by atoms with van der Waals surface area (Å²) in [6, 6.07) is 9.43. The summed E-state index contributed by atoms with van der Waals surface area (Å²) in [6.07, 6.45) is 0.739. The van der Waals surface area contributed by atoms with Crippen LogP contribution < -0.4 is 16.6 Å². The predicted octanol–water partition coefficient (Wildman–Crippen LogP) is 3.63. The van der Waals surface area contributed by atoms with Crippen LogP contribution in [0.5, 0.6) is 0 Å². The first-order valence-electron chi connectivity index (χ1n) is 10.1. The maximum absolute atomic E-state index is 13.2. The van der Waals surface area contributed by atoms with Gasteiger partial charge in [-0.3, -0.25) is 13.9 Å². The van der Waals surface area contributed by atoms with Crippen molar-refractivity contribution in [3.05, 3.63) is 51.2 Å². The van der Waals surface area contributed by atoms with E-state index in [1.165, 1.54) is 16.3 Å². The fourth-order valence-electron chi connectivity index (χ4n) is 3.00. The average Bonchev–Trinajstić information content (AvgIpc) is 2.67. The van der Waals surface area contributed by atoms with Crippen molar-refractivity contribution in [2.75, 3.05) is 12.3 Å². The average molecular weight is 434 g/mol. The van der Waals surface area contributed by atoms with Crippen molar-refractivity contribution in [3.8, 4) is 11.1 Å². The largest absolute Gasteiger partial charge is 0.444 e. The monoisotopic (exact) mass is 433 g/mol. The van der Waals surface area contributed by atoms with E-state index in [4.69, 9.17) is 4.74 Å². The van der Waals surface area contributed by atoms with E-state index in [9.17, 15) is 14.4 Å². The van der Waals surface area contributed by atoms with Crippen LogP contribution in [-0.4, -0.2) is 33.1 Å². The van der Waals surface area contributed by atoms with Gasteiger partial charge in [-0.05, 0) is 44.9 Å². The minimum absolute atomic E-state index is 0.277. The molecule has 30 heavy (non-hydrogen) atoms. The molecule has 0 radical (unpaired) electrons. The Morgan fingerprint density at radius 3 is 2.40 bits per heavy atom. The molecule has 164 valence electrons. The van der Waals surface area contributed by atoms with Gasteiger partial charge in [0.15, 0.2) is 0 Å². The molecule has 0 saturated heterocycles. The number of amides is 1. The van der Waals surface area contributed by atoms with E-state index in [2.05, 4.69) is 5.32 Å². The van der Waals surface area contributed by atoms with E-state index in [-0.39, 0.29) is 11.2 Å². The molecule has 0 bridgehead atoms. The molecule has 1 aromatic heterocycles. The quantitative estimate of drug-likeness (QED) is 0.391. The Morgan fingerprint density at radius 1 is 1.13 bits per heavy atom. The summed E-state index contributed by atoms with van der Waals surface area (Å²) in [5, 5.41) is 3.38. The SMILES string of the molecule is CCSc1c(-c2ccccc2)c(=O)n(CCCCNC(=O)OC(C)(C)C)c(=O)n1C. The molecule has 7 nitrogen and oxygen atoms in total. The molecule has 0 fully saturated rings. The Hall–Kier alpha value is -2.48. The Morgan fingerprint density at radius 2 is 1.80 bits per heavy atom. The molecule has 0 aliphatic carbocycles. The predicted molar refractivity (Wildman–Crippen MR) is 121 cm³/mol. The molecular formula is C22H31N3O4S. The molecule has 0 aliphatic rings. The van der Waals surface area contributed by atoms with Gasteiger partial charge < -0.3 is 10.1 Å². The zero-order chi connectivity index (χ0) is 22.3. The fourth-order valence-corrected chi connectivity index (χ4v) is 3.90. The number of benzene rings is 1. The van der Waals surface area contributed by atoms with Gasteiger partial charge in [-0.15, -0.1) is 11.8 Å². The van der Waals surface area contributed by atoms with Gasteiger partial charge in [-0.2, -0.15) is 0 Å². The standard InChI is InChI=1S/C22H31N3O4S/c1-6-30-19-17(16-12-8-7-9-13-16)18(26)25(21(28)24(19)5)15-11-10-14-23-20(27)29-22(2,3)4/h7-9,12-13H,6,10-11,14-15H2,1-5H3,(H,23,27).